The van der Waals surface area contributed by atoms with E-state index in [9.17, 15) is 0 Å². The Morgan fingerprint density at radius 1 is 1.42 bits per heavy atom. The van der Waals surface area contributed by atoms with Gasteiger partial charge in [0.05, 0.1) is 17.8 Å². The molecule has 0 aliphatic rings. The van der Waals surface area contributed by atoms with Crippen LogP contribution in [0, 0.1) is 6.92 Å². The van der Waals surface area contributed by atoms with Gasteiger partial charge in [-0.15, -0.1) is 11.3 Å². The Hall–Kier alpha value is -1.39. The Labute approximate surface area is 118 Å². The van der Waals surface area contributed by atoms with Gasteiger partial charge in [-0.1, -0.05) is 19.1 Å². The van der Waals surface area contributed by atoms with Crippen molar-refractivity contribution < 1.29 is 4.74 Å². The summed E-state index contributed by atoms with van der Waals surface area (Å²) >= 11 is 1.75. The van der Waals surface area contributed by atoms with Gasteiger partial charge in [0.25, 0.3) is 0 Å². The zero-order valence-electron chi connectivity index (χ0n) is 11.6. The van der Waals surface area contributed by atoms with E-state index in [1.54, 1.807) is 18.4 Å². The first-order valence-corrected chi connectivity index (χ1v) is 7.30. The van der Waals surface area contributed by atoms with Crippen molar-refractivity contribution in [3.8, 4) is 5.75 Å². The van der Waals surface area contributed by atoms with Crippen LogP contribution >= 0.6 is 11.3 Å². The van der Waals surface area contributed by atoms with Crippen LogP contribution in [0.2, 0.25) is 0 Å². The molecule has 2 rings (SSSR count). The maximum Gasteiger partial charge on any atom is 0.119 e. The molecule has 0 fully saturated rings. The van der Waals surface area contributed by atoms with Crippen molar-refractivity contribution in [3.05, 3.63) is 45.4 Å². The van der Waals surface area contributed by atoms with E-state index < -0.39 is 0 Å². The first kappa shape index (κ1) is 14.0. The highest BCUT2D eigenvalue weighted by molar-refractivity contribution is 7.11. The number of nitrogens with zero attached hydrogens (tertiary/aromatic N) is 1. The topological polar surface area (TPSA) is 48.1 Å². The fraction of sp³-hybridized carbons (Fsp3) is 0.400. The Kier molecular flexibility index (Phi) is 4.56. The molecule has 0 aliphatic heterocycles. The molecule has 0 saturated carbocycles. The zero-order chi connectivity index (χ0) is 13.8. The highest BCUT2D eigenvalue weighted by Crippen LogP contribution is 2.24. The van der Waals surface area contributed by atoms with Gasteiger partial charge in [0.2, 0.25) is 0 Å². The minimum atomic E-state index is -0.0367. The predicted molar refractivity (Wildman–Crippen MR) is 79.9 cm³/mol. The minimum Gasteiger partial charge on any atom is -0.497 e. The molecule has 0 saturated heterocycles. The van der Waals surface area contributed by atoms with Crippen molar-refractivity contribution in [2.75, 3.05) is 7.11 Å². The van der Waals surface area contributed by atoms with Gasteiger partial charge in [-0.05, 0) is 31.0 Å². The number of nitrogens with two attached hydrogens (primary N) is 1. The maximum absolute atomic E-state index is 6.26. The molecule has 1 unspecified atom stereocenters. The summed E-state index contributed by atoms with van der Waals surface area (Å²) in [5.41, 5.74) is 8.54. The van der Waals surface area contributed by atoms with Crippen molar-refractivity contribution in [2.45, 2.75) is 32.7 Å². The molecule has 1 aromatic heterocycles. The summed E-state index contributed by atoms with van der Waals surface area (Å²) in [4.78, 5) is 5.94. The molecule has 3 nitrogen and oxygen atoms in total. The van der Waals surface area contributed by atoms with Crippen molar-refractivity contribution in [3.63, 3.8) is 0 Å². The second-order valence-corrected chi connectivity index (χ2v) is 5.84. The molecule has 0 bridgehead atoms. The van der Waals surface area contributed by atoms with Crippen molar-refractivity contribution >= 4 is 11.3 Å². The molecule has 0 radical (unpaired) electrons. The Balaban J connectivity index is 2.13. The Morgan fingerprint density at radius 2 is 2.21 bits per heavy atom. The quantitative estimate of drug-likeness (QED) is 0.911. The van der Waals surface area contributed by atoms with Gasteiger partial charge in [0.15, 0.2) is 0 Å². The van der Waals surface area contributed by atoms with Gasteiger partial charge in [0, 0.05) is 17.3 Å². The molecule has 1 aromatic carbocycles. The second kappa shape index (κ2) is 6.17. The lowest BCUT2D eigenvalue weighted by molar-refractivity contribution is 0.414. The Morgan fingerprint density at radius 3 is 2.84 bits per heavy atom. The molecule has 19 heavy (non-hydrogen) atoms. The molecular formula is C15H20N2OS. The largest absolute Gasteiger partial charge is 0.497 e. The molecule has 4 heteroatoms. The van der Waals surface area contributed by atoms with Crippen LogP contribution in [-0.4, -0.2) is 12.1 Å². The number of methoxy groups -OCH3 is 1. The fourth-order valence-electron chi connectivity index (χ4n) is 2.08. The molecule has 2 aromatic rings. The average Bonchev–Trinajstić information content (AvgIpc) is 2.78. The first-order valence-electron chi connectivity index (χ1n) is 6.48. The SMILES string of the molecule is CCc1nc(CC(N)c2cccc(OC)c2)sc1C. The van der Waals surface area contributed by atoms with Crippen LogP contribution in [0.15, 0.2) is 24.3 Å². The van der Waals surface area contributed by atoms with Gasteiger partial charge in [-0.25, -0.2) is 4.98 Å². The van der Waals surface area contributed by atoms with Crippen LogP contribution in [0.25, 0.3) is 0 Å². The lowest BCUT2D eigenvalue weighted by atomic mass is 10.0. The van der Waals surface area contributed by atoms with Crippen LogP contribution in [-0.2, 0) is 12.8 Å². The molecule has 1 atom stereocenters. The smallest absolute Gasteiger partial charge is 0.119 e. The molecular weight excluding hydrogens is 256 g/mol. The first-order chi connectivity index (χ1) is 9.13. The number of aromatic nitrogens is 1. The minimum absolute atomic E-state index is 0.0367. The fourth-order valence-corrected chi connectivity index (χ4v) is 3.16. The van der Waals surface area contributed by atoms with E-state index in [0.717, 1.165) is 29.2 Å². The lowest BCUT2D eigenvalue weighted by Gasteiger charge is -2.11. The Bertz CT molecular complexity index is 551. The van der Waals surface area contributed by atoms with E-state index in [1.165, 1.54) is 10.6 Å². The number of hydrogen-bond donors (Lipinski definition) is 1. The lowest BCUT2D eigenvalue weighted by Crippen LogP contribution is -2.13. The van der Waals surface area contributed by atoms with Crippen molar-refractivity contribution in [1.82, 2.24) is 4.98 Å². The number of thiazole rings is 1. The number of hydrogen-bond acceptors (Lipinski definition) is 4. The van der Waals surface area contributed by atoms with Crippen LogP contribution in [0.3, 0.4) is 0 Å². The molecule has 102 valence electrons. The number of benzene rings is 1. The zero-order valence-corrected chi connectivity index (χ0v) is 12.5. The highest BCUT2D eigenvalue weighted by atomic mass is 32.1. The summed E-state index contributed by atoms with van der Waals surface area (Å²) in [5, 5.41) is 1.12. The number of aryl methyl sites for hydroxylation is 2. The maximum atomic E-state index is 6.26. The average molecular weight is 276 g/mol. The van der Waals surface area contributed by atoms with Crippen LogP contribution in [0.1, 0.15) is 34.1 Å². The van der Waals surface area contributed by atoms with Crippen LogP contribution < -0.4 is 10.5 Å². The van der Waals surface area contributed by atoms with E-state index in [2.05, 4.69) is 18.8 Å². The highest BCUT2D eigenvalue weighted by Gasteiger charge is 2.12. The summed E-state index contributed by atoms with van der Waals surface area (Å²) in [6, 6.07) is 7.89. The van der Waals surface area contributed by atoms with E-state index in [0.29, 0.717) is 0 Å². The van der Waals surface area contributed by atoms with Gasteiger partial charge >= 0.3 is 0 Å². The third-order valence-corrected chi connectivity index (χ3v) is 4.22. The number of ether oxygens (including phenoxy) is 1. The van der Waals surface area contributed by atoms with Crippen LogP contribution in [0.4, 0.5) is 0 Å². The molecule has 1 heterocycles. The van der Waals surface area contributed by atoms with E-state index in [-0.39, 0.29) is 6.04 Å². The van der Waals surface area contributed by atoms with Crippen LogP contribution in [0.5, 0.6) is 5.75 Å². The monoisotopic (exact) mass is 276 g/mol. The molecule has 0 aliphatic carbocycles. The van der Waals surface area contributed by atoms with E-state index in [1.807, 2.05) is 24.3 Å². The molecule has 2 N–H and O–H groups in total. The van der Waals surface area contributed by atoms with Gasteiger partial charge in [0.1, 0.15) is 5.75 Å². The van der Waals surface area contributed by atoms with E-state index >= 15 is 0 Å². The van der Waals surface area contributed by atoms with Crippen molar-refractivity contribution in [1.29, 1.82) is 0 Å². The summed E-state index contributed by atoms with van der Waals surface area (Å²) < 4.78 is 5.23. The number of rotatable bonds is 5. The second-order valence-electron chi connectivity index (χ2n) is 4.55. The summed E-state index contributed by atoms with van der Waals surface area (Å²) in [6.07, 6.45) is 1.76. The third kappa shape index (κ3) is 3.33. The molecule has 0 spiro atoms. The van der Waals surface area contributed by atoms with Gasteiger partial charge < -0.3 is 10.5 Å². The summed E-state index contributed by atoms with van der Waals surface area (Å²) in [7, 11) is 1.67. The standard InChI is InChI=1S/C15H20N2OS/c1-4-14-10(2)19-15(17-14)9-13(16)11-6-5-7-12(8-11)18-3/h5-8,13H,4,9,16H2,1-3H3. The predicted octanol–water partition coefficient (Wildman–Crippen LogP) is 3.27. The van der Waals surface area contributed by atoms with E-state index in [4.69, 9.17) is 10.5 Å². The summed E-state index contributed by atoms with van der Waals surface area (Å²) in [6.45, 7) is 4.25. The normalized spacial score (nSPS) is 12.4. The van der Waals surface area contributed by atoms with Gasteiger partial charge in [-0.2, -0.15) is 0 Å². The molecule has 0 amide bonds. The van der Waals surface area contributed by atoms with Gasteiger partial charge in [-0.3, -0.25) is 0 Å². The third-order valence-electron chi connectivity index (χ3n) is 3.19. The summed E-state index contributed by atoms with van der Waals surface area (Å²) in [5.74, 6) is 0.845. The van der Waals surface area contributed by atoms with Crippen molar-refractivity contribution in [2.24, 2.45) is 5.73 Å².